The molecule has 1 aromatic rings. The summed E-state index contributed by atoms with van der Waals surface area (Å²) in [5, 5.41) is 0. The number of hydrogen-bond donors (Lipinski definition) is 0. The Hall–Kier alpha value is -1.39. The monoisotopic (exact) mass is 318 g/mol. The van der Waals surface area contributed by atoms with Gasteiger partial charge in [-0.1, -0.05) is 44.2 Å². The van der Waals surface area contributed by atoms with E-state index < -0.39 is 0 Å². The highest BCUT2D eigenvalue weighted by Crippen LogP contribution is 2.20. The number of likely N-dealkylation sites (N-methyl/N-ethyl adjacent to an activating group) is 1. The van der Waals surface area contributed by atoms with Crippen LogP contribution >= 0.6 is 0 Å². The van der Waals surface area contributed by atoms with Gasteiger partial charge in [0.2, 0.25) is 5.91 Å². The highest BCUT2D eigenvalue weighted by molar-refractivity contribution is 5.82. The molecule has 2 rings (SSSR count). The minimum Gasteiger partial charge on any atom is -0.373 e. The first-order chi connectivity index (χ1) is 10.9. The number of nitrogens with zero attached hydrogens (tertiary/aromatic N) is 2. The molecule has 0 radical (unpaired) electrons. The molecule has 3 atom stereocenters. The fourth-order valence-electron chi connectivity index (χ4n) is 3.47. The summed E-state index contributed by atoms with van der Waals surface area (Å²) in [6.07, 6.45) is 0.347. The van der Waals surface area contributed by atoms with Crippen LogP contribution in [0.15, 0.2) is 30.3 Å². The van der Waals surface area contributed by atoms with Crippen molar-refractivity contribution in [3.8, 4) is 0 Å². The number of amides is 1. The van der Waals surface area contributed by atoms with Gasteiger partial charge in [0.25, 0.3) is 0 Å². The molecule has 0 saturated carbocycles. The number of hydrogen-bond acceptors (Lipinski definition) is 3. The largest absolute Gasteiger partial charge is 0.373 e. The van der Waals surface area contributed by atoms with Crippen molar-refractivity contribution in [3.05, 3.63) is 35.9 Å². The third kappa shape index (κ3) is 4.79. The zero-order valence-corrected chi connectivity index (χ0v) is 15.0. The molecule has 1 aliphatic heterocycles. The van der Waals surface area contributed by atoms with Gasteiger partial charge in [-0.2, -0.15) is 0 Å². The maximum Gasteiger partial charge on any atom is 0.240 e. The number of morpholine rings is 1. The van der Waals surface area contributed by atoms with E-state index in [9.17, 15) is 4.79 Å². The second kappa shape index (κ2) is 7.93. The van der Waals surface area contributed by atoms with Gasteiger partial charge in [-0.3, -0.25) is 9.69 Å². The molecule has 1 fully saturated rings. The second-order valence-corrected chi connectivity index (χ2v) is 7.08. The van der Waals surface area contributed by atoms with E-state index in [4.69, 9.17) is 4.74 Å². The standard InChI is InChI=1S/C19H30N2O2/c1-14(2)18(21-11-15(3)23-16(4)12-21)19(22)20(5)13-17-9-7-6-8-10-17/h6-10,14-16,18H,11-13H2,1-5H3. The van der Waals surface area contributed by atoms with Gasteiger partial charge in [-0.15, -0.1) is 0 Å². The Morgan fingerprint density at radius 3 is 2.30 bits per heavy atom. The SMILES string of the molecule is CC1CN(C(C(=O)N(C)Cc2ccccc2)C(C)C)CC(C)O1. The molecule has 0 spiro atoms. The van der Waals surface area contributed by atoms with E-state index in [1.54, 1.807) is 0 Å². The minimum atomic E-state index is -0.0856. The fourth-order valence-corrected chi connectivity index (χ4v) is 3.47. The molecular formula is C19H30N2O2. The maximum atomic E-state index is 13.0. The molecule has 0 N–H and O–H groups in total. The summed E-state index contributed by atoms with van der Waals surface area (Å²) in [6, 6.07) is 10.1. The van der Waals surface area contributed by atoms with Crippen molar-refractivity contribution in [3.63, 3.8) is 0 Å². The normalized spacial score (nSPS) is 23.7. The summed E-state index contributed by atoms with van der Waals surface area (Å²) >= 11 is 0. The Bertz CT molecular complexity index is 493. The predicted octanol–water partition coefficient (Wildman–Crippen LogP) is 2.78. The van der Waals surface area contributed by atoms with Gasteiger partial charge >= 0.3 is 0 Å². The third-order valence-electron chi connectivity index (χ3n) is 4.36. The van der Waals surface area contributed by atoms with Crippen LogP contribution in [0, 0.1) is 5.92 Å². The number of benzene rings is 1. The number of carbonyl (C=O) groups excluding carboxylic acids is 1. The third-order valence-corrected chi connectivity index (χ3v) is 4.36. The minimum absolute atomic E-state index is 0.0856. The lowest BCUT2D eigenvalue weighted by atomic mass is 9.99. The predicted molar refractivity (Wildman–Crippen MR) is 93.1 cm³/mol. The zero-order valence-electron chi connectivity index (χ0n) is 15.0. The van der Waals surface area contributed by atoms with Crippen LogP contribution in [-0.4, -0.2) is 54.1 Å². The van der Waals surface area contributed by atoms with Gasteiger partial charge in [0.1, 0.15) is 0 Å². The molecule has 0 bridgehead atoms. The number of carbonyl (C=O) groups is 1. The Balaban J connectivity index is 2.08. The second-order valence-electron chi connectivity index (χ2n) is 7.08. The molecule has 1 aromatic carbocycles. The molecule has 3 unspecified atom stereocenters. The molecule has 1 heterocycles. The average Bonchev–Trinajstić information content (AvgIpc) is 2.46. The summed E-state index contributed by atoms with van der Waals surface area (Å²) < 4.78 is 5.82. The first-order valence-electron chi connectivity index (χ1n) is 8.57. The van der Waals surface area contributed by atoms with Crippen LogP contribution in [-0.2, 0) is 16.1 Å². The fraction of sp³-hybridized carbons (Fsp3) is 0.632. The maximum absolute atomic E-state index is 13.0. The van der Waals surface area contributed by atoms with Gasteiger partial charge < -0.3 is 9.64 Å². The Morgan fingerprint density at radius 2 is 1.78 bits per heavy atom. The van der Waals surface area contributed by atoms with Crippen molar-refractivity contribution in [2.45, 2.75) is 52.5 Å². The molecule has 23 heavy (non-hydrogen) atoms. The van der Waals surface area contributed by atoms with E-state index >= 15 is 0 Å². The van der Waals surface area contributed by atoms with E-state index in [1.807, 2.05) is 30.1 Å². The van der Waals surface area contributed by atoms with Gasteiger partial charge in [0, 0.05) is 26.7 Å². The van der Waals surface area contributed by atoms with E-state index in [0.29, 0.717) is 6.54 Å². The molecule has 128 valence electrons. The smallest absolute Gasteiger partial charge is 0.240 e. The Labute approximate surface area is 140 Å². The van der Waals surface area contributed by atoms with E-state index in [1.165, 1.54) is 0 Å². The van der Waals surface area contributed by atoms with Crippen molar-refractivity contribution in [1.29, 1.82) is 0 Å². The van der Waals surface area contributed by atoms with Crippen molar-refractivity contribution < 1.29 is 9.53 Å². The van der Waals surface area contributed by atoms with Gasteiger partial charge in [0.05, 0.1) is 18.2 Å². The molecule has 1 aliphatic rings. The van der Waals surface area contributed by atoms with Crippen LogP contribution < -0.4 is 0 Å². The van der Waals surface area contributed by atoms with Crippen LogP contribution in [0.4, 0.5) is 0 Å². The molecule has 4 nitrogen and oxygen atoms in total. The van der Waals surface area contributed by atoms with Gasteiger partial charge in [0.15, 0.2) is 0 Å². The van der Waals surface area contributed by atoms with Crippen LogP contribution in [0.2, 0.25) is 0 Å². The van der Waals surface area contributed by atoms with Crippen LogP contribution in [0.5, 0.6) is 0 Å². The highest BCUT2D eigenvalue weighted by atomic mass is 16.5. The topological polar surface area (TPSA) is 32.8 Å². The van der Waals surface area contributed by atoms with E-state index in [0.717, 1.165) is 18.7 Å². The molecule has 1 amide bonds. The molecule has 0 aromatic heterocycles. The molecular weight excluding hydrogens is 288 g/mol. The van der Waals surface area contributed by atoms with Crippen molar-refractivity contribution in [2.75, 3.05) is 20.1 Å². The number of rotatable bonds is 5. The van der Waals surface area contributed by atoms with Crippen molar-refractivity contribution >= 4 is 5.91 Å². The number of ether oxygens (including phenoxy) is 1. The Morgan fingerprint density at radius 1 is 1.22 bits per heavy atom. The summed E-state index contributed by atoms with van der Waals surface area (Å²) in [4.78, 5) is 17.2. The lowest BCUT2D eigenvalue weighted by molar-refractivity contribution is -0.144. The lowest BCUT2D eigenvalue weighted by Crippen LogP contribution is -2.57. The van der Waals surface area contributed by atoms with Crippen LogP contribution in [0.3, 0.4) is 0 Å². The zero-order chi connectivity index (χ0) is 17.0. The first-order valence-corrected chi connectivity index (χ1v) is 8.57. The van der Waals surface area contributed by atoms with Crippen molar-refractivity contribution in [1.82, 2.24) is 9.80 Å². The summed E-state index contributed by atoms with van der Waals surface area (Å²) in [5.41, 5.74) is 1.16. The van der Waals surface area contributed by atoms with Crippen molar-refractivity contribution in [2.24, 2.45) is 5.92 Å². The summed E-state index contributed by atoms with van der Waals surface area (Å²) in [5.74, 6) is 0.475. The average molecular weight is 318 g/mol. The van der Waals surface area contributed by atoms with Gasteiger partial charge in [-0.25, -0.2) is 0 Å². The summed E-state index contributed by atoms with van der Waals surface area (Å²) in [6.45, 7) is 10.7. The van der Waals surface area contributed by atoms with E-state index in [-0.39, 0.29) is 30.1 Å². The lowest BCUT2D eigenvalue weighted by Gasteiger charge is -2.42. The molecule has 4 heteroatoms. The molecule has 0 aliphatic carbocycles. The highest BCUT2D eigenvalue weighted by Gasteiger charge is 2.35. The van der Waals surface area contributed by atoms with Crippen LogP contribution in [0.25, 0.3) is 0 Å². The molecule has 1 saturated heterocycles. The summed E-state index contributed by atoms with van der Waals surface area (Å²) in [7, 11) is 1.90. The quantitative estimate of drug-likeness (QED) is 0.837. The first kappa shape index (κ1) is 18.0. The Kier molecular flexibility index (Phi) is 6.19. The van der Waals surface area contributed by atoms with E-state index in [2.05, 4.69) is 44.7 Å². The van der Waals surface area contributed by atoms with Gasteiger partial charge in [-0.05, 0) is 25.3 Å². The van der Waals surface area contributed by atoms with Crippen LogP contribution in [0.1, 0.15) is 33.3 Å².